The number of hydrogen-bond acceptors (Lipinski definition) is 7. The molecule has 1 unspecified atom stereocenters. The first-order valence-electron chi connectivity index (χ1n) is 7.65. The summed E-state index contributed by atoms with van der Waals surface area (Å²) >= 11 is 0. The molecule has 0 aromatic carbocycles. The monoisotopic (exact) mass is 313 g/mol. The van der Waals surface area contributed by atoms with Gasteiger partial charge in [0.1, 0.15) is 6.07 Å². The van der Waals surface area contributed by atoms with Crippen molar-refractivity contribution in [2.24, 2.45) is 0 Å². The Labute approximate surface area is 134 Å². The molecule has 0 bridgehead atoms. The average Bonchev–Trinajstić information content (AvgIpc) is 3.05. The van der Waals surface area contributed by atoms with Crippen LogP contribution in [0.1, 0.15) is 48.9 Å². The third kappa shape index (κ3) is 3.17. The normalized spacial score (nSPS) is 18.2. The first kappa shape index (κ1) is 15.4. The summed E-state index contributed by atoms with van der Waals surface area (Å²) in [6.45, 7) is 7.73. The number of pyridine rings is 1. The lowest BCUT2D eigenvalue weighted by Gasteiger charge is -2.33. The molecule has 0 amide bonds. The molecule has 7 heteroatoms. The average molecular weight is 313 g/mol. The molecule has 0 radical (unpaired) electrons. The highest BCUT2D eigenvalue weighted by Crippen LogP contribution is 2.28. The Bertz CT molecular complexity index is 734. The van der Waals surface area contributed by atoms with Crippen molar-refractivity contribution < 1.29 is 9.15 Å². The van der Waals surface area contributed by atoms with Crippen molar-refractivity contribution in [1.82, 2.24) is 15.2 Å². The van der Waals surface area contributed by atoms with Crippen LogP contribution in [-0.2, 0) is 4.74 Å². The molecule has 1 fully saturated rings. The smallest absolute Gasteiger partial charge is 0.247 e. The van der Waals surface area contributed by atoms with Gasteiger partial charge in [-0.3, -0.25) is 4.98 Å². The van der Waals surface area contributed by atoms with Crippen molar-refractivity contribution in [2.75, 3.05) is 24.6 Å². The van der Waals surface area contributed by atoms with Gasteiger partial charge < -0.3 is 14.1 Å². The highest BCUT2D eigenvalue weighted by molar-refractivity contribution is 5.59. The number of morpholine rings is 1. The second-order valence-corrected chi connectivity index (χ2v) is 5.89. The SMILES string of the molecule is Cc1cc(N2CCOC(c3nnc(C(C)C)o3)C2)c(C#N)cn1. The Hall–Kier alpha value is -2.46. The zero-order chi connectivity index (χ0) is 16.4. The first-order chi connectivity index (χ1) is 11.1. The molecule has 23 heavy (non-hydrogen) atoms. The number of anilines is 1. The number of nitrogens with zero attached hydrogens (tertiary/aromatic N) is 5. The van der Waals surface area contributed by atoms with Gasteiger partial charge in [0.05, 0.1) is 24.4 Å². The van der Waals surface area contributed by atoms with E-state index in [-0.39, 0.29) is 12.0 Å². The van der Waals surface area contributed by atoms with E-state index in [2.05, 4.69) is 26.2 Å². The third-order valence-corrected chi connectivity index (χ3v) is 3.77. The quantitative estimate of drug-likeness (QED) is 0.859. The van der Waals surface area contributed by atoms with Gasteiger partial charge in [-0.2, -0.15) is 5.26 Å². The summed E-state index contributed by atoms with van der Waals surface area (Å²) in [6.07, 6.45) is 1.32. The largest absolute Gasteiger partial charge is 0.422 e. The van der Waals surface area contributed by atoms with E-state index in [0.717, 1.165) is 11.4 Å². The molecular formula is C16H19N5O2. The molecule has 0 saturated carbocycles. The van der Waals surface area contributed by atoms with E-state index in [1.54, 1.807) is 6.20 Å². The maximum atomic E-state index is 9.30. The molecule has 2 aromatic heterocycles. The van der Waals surface area contributed by atoms with Gasteiger partial charge in [0, 0.05) is 24.4 Å². The third-order valence-electron chi connectivity index (χ3n) is 3.77. The molecule has 0 spiro atoms. The number of nitriles is 1. The summed E-state index contributed by atoms with van der Waals surface area (Å²) in [5, 5.41) is 17.5. The number of rotatable bonds is 3. The Morgan fingerprint density at radius 2 is 2.22 bits per heavy atom. The molecule has 7 nitrogen and oxygen atoms in total. The minimum absolute atomic E-state index is 0.184. The Morgan fingerprint density at radius 1 is 1.39 bits per heavy atom. The molecule has 0 aliphatic carbocycles. The Balaban J connectivity index is 1.83. The Morgan fingerprint density at radius 3 is 2.91 bits per heavy atom. The summed E-state index contributed by atoms with van der Waals surface area (Å²) in [6, 6.07) is 4.12. The molecule has 1 atom stereocenters. The number of hydrogen-bond donors (Lipinski definition) is 0. The van der Waals surface area contributed by atoms with Crippen LogP contribution >= 0.6 is 0 Å². The van der Waals surface area contributed by atoms with Crippen molar-refractivity contribution >= 4 is 5.69 Å². The van der Waals surface area contributed by atoms with Gasteiger partial charge in [-0.1, -0.05) is 13.8 Å². The van der Waals surface area contributed by atoms with Gasteiger partial charge >= 0.3 is 0 Å². The lowest BCUT2D eigenvalue weighted by Crippen LogP contribution is -2.39. The molecule has 2 aromatic rings. The van der Waals surface area contributed by atoms with E-state index < -0.39 is 0 Å². The zero-order valence-electron chi connectivity index (χ0n) is 13.5. The van der Waals surface area contributed by atoms with Crippen LogP contribution in [0, 0.1) is 18.3 Å². The summed E-state index contributed by atoms with van der Waals surface area (Å²) in [7, 11) is 0. The fourth-order valence-corrected chi connectivity index (χ4v) is 2.52. The van der Waals surface area contributed by atoms with Crippen molar-refractivity contribution in [2.45, 2.75) is 32.8 Å². The second-order valence-electron chi connectivity index (χ2n) is 5.89. The second kappa shape index (κ2) is 6.34. The zero-order valence-corrected chi connectivity index (χ0v) is 13.5. The fraction of sp³-hybridized carbons (Fsp3) is 0.500. The molecule has 3 heterocycles. The van der Waals surface area contributed by atoms with Crippen LogP contribution in [0.4, 0.5) is 5.69 Å². The predicted molar refractivity (Wildman–Crippen MR) is 83.0 cm³/mol. The highest BCUT2D eigenvalue weighted by atomic mass is 16.5. The summed E-state index contributed by atoms with van der Waals surface area (Å²) in [4.78, 5) is 6.30. The molecule has 1 aliphatic heterocycles. The number of ether oxygens (including phenoxy) is 1. The van der Waals surface area contributed by atoms with E-state index in [1.165, 1.54) is 0 Å². The van der Waals surface area contributed by atoms with Gasteiger partial charge in [0.2, 0.25) is 11.8 Å². The van der Waals surface area contributed by atoms with Crippen molar-refractivity contribution in [3.05, 3.63) is 35.3 Å². The lowest BCUT2D eigenvalue weighted by atomic mass is 10.1. The number of aromatic nitrogens is 3. The lowest BCUT2D eigenvalue weighted by molar-refractivity contribution is 0.0213. The molecular weight excluding hydrogens is 294 g/mol. The van der Waals surface area contributed by atoms with Crippen LogP contribution in [0.3, 0.4) is 0 Å². The van der Waals surface area contributed by atoms with Gasteiger partial charge in [-0.05, 0) is 13.0 Å². The molecule has 120 valence electrons. The predicted octanol–water partition coefficient (Wildman–Crippen LogP) is 2.35. The van der Waals surface area contributed by atoms with Crippen molar-refractivity contribution in [1.29, 1.82) is 5.26 Å². The van der Waals surface area contributed by atoms with Crippen LogP contribution < -0.4 is 4.90 Å². The molecule has 1 saturated heterocycles. The van der Waals surface area contributed by atoms with Gasteiger partial charge in [-0.25, -0.2) is 0 Å². The standard InChI is InChI=1S/C16H19N5O2/c1-10(2)15-19-20-16(23-15)14-9-21(4-5-22-14)13-6-11(3)18-8-12(13)7-17/h6,8,10,14H,4-5,9H2,1-3H3. The van der Waals surface area contributed by atoms with E-state index in [1.807, 2.05) is 26.8 Å². The molecule has 0 N–H and O–H groups in total. The van der Waals surface area contributed by atoms with E-state index in [4.69, 9.17) is 9.15 Å². The minimum Gasteiger partial charge on any atom is -0.422 e. The number of aryl methyl sites for hydroxylation is 1. The summed E-state index contributed by atoms with van der Waals surface area (Å²) < 4.78 is 11.5. The first-order valence-corrected chi connectivity index (χ1v) is 7.65. The van der Waals surface area contributed by atoms with Crippen molar-refractivity contribution in [3.63, 3.8) is 0 Å². The maximum Gasteiger partial charge on any atom is 0.247 e. The maximum absolute atomic E-state index is 9.30. The van der Waals surface area contributed by atoms with Gasteiger partial charge in [0.25, 0.3) is 0 Å². The van der Waals surface area contributed by atoms with Crippen LogP contribution in [0.25, 0.3) is 0 Å². The summed E-state index contributed by atoms with van der Waals surface area (Å²) in [5.41, 5.74) is 2.31. The minimum atomic E-state index is -0.288. The van der Waals surface area contributed by atoms with Crippen molar-refractivity contribution in [3.8, 4) is 6.07 Å². The van der Waals surface area contributed by atoms with E-state index in [9.17, 15) is 5.26 Å². The fourth-order valence-electron chi connectivity index (χ4n) is 2.52. The highest BCUT2D eigenvalue weighted by Gasteiger charge is 2.28. The van der Waals surface area contributed by atoms with E-state index in [0.29, 0.717) is 37.0 Å². The van der Waals surface area contributed by atoms with Gasteiger partial charge in [-0.15, -0.1) is 10.2 Å². The molecule has 1 aliphatic rings. The Kier molecular flexibility index (Phi) is 4.26. The van der Waals surface area contributed by atoms with E-state index >= 15 is 0 Å². The molecule has 3 rings (SSSR count). The topological polar surface area (TPSA) is 88.1 Å². The van der Waals surface area contributed by atoms with Crippen LogP contribution in [0.15, 0.2) is 16.7 Å². The van der Waals surface area contributed by atoms with Gasteiger partial charge in [0.15, 0.2) is 6.10 Å². The summed E-state index contributed by atoms with van der Waals surface area (Å²) in [5.74, 6) is 1.28. The van der Waals surface area contributed by atoms with Crippen LogP contribution in [0.5, 0.6) is 0 Å². The van der Waals surface area contributed by atoms with Crippen LogP contribution in [0.2, 0.25) is 0 Å². The van der Waals surface area contributed by atoms with Crippen LogP contribution in [-0.4, -0.2) is 34.9 Å².